The molecule has 0 aliphatic carbocycles. The number of para-hydroxylation sites is 2. The first-order valence-corrected chi connectivity index (χ1v) is 6.65. The van der Waals surface area contributed by atoms with E-state index in [-0.39, 0.29) is 0 Å². The van der Waals surface area contributed by atoms with Gasteiger partial charge in [-0.1, -0.05) is 29.8 Å². The number of nitriles is 1. The minimum atomic E-state index is 0.465. The van der Waals surface area contributed by atoms with Gasteiger partial charge in [0, 0.05) is 11.9 Å². The Labute approximate surface area is 122 Å². The highest BCUT2D eigenvalue weighted by molar-refractivity contribution is 5.82. The van der Waals surface area contributed by atoms with E-state index in [1.165, 1.54) is 5.56 Å². The third kappa shape index (κ3) is 2.77. The molecule has 0 aliphatic rings. The number of aromatic nitrogens is 2. The van der Waals surface area contributed by atoms with Gasteiger partial charge in [0.05, 0.1) is 11.0 Å². The van der Waals surface area contributed by atoms with Crippen LogP contribution in [-0.2, 0) is 0 Å². The van der Waals surface area contributed by atoms with E-state index < -0.39 is 0 Å². The molecule has 1 aromatic heterocycles. The molecule has 0 spiro atoms. The highest BCUT2D eigenvalue weighted by Crippen LogP contribution is 2.17. The Morgan fingerprint density at radius 2 is 1.95 bits per heavy atom. The molecule has 0 unspecified atom stereocenters. The van der Waals surface area contributed by atoms with E-state index in [1.807, 2.05) is 55.5 Å². The number of rotatable bonds is 3. The number of fused-ring (bicyclic) bond motifs is 1. The summed E-state index contributed by atoms with van der Waals surface area (Å²) in [6, 6.07) is 17.9. The maximum absolute atomic E-state index is 9.31. The fourth-order valence-electron chi connectivity index (χ4n) is 2.04. The van der Waals surface area contributed by atoms with Crippen molar-refractivity contribution in [3.8, 4) is 6.07 Å². The fourth-order valence-corrected chi connectivity index (χ4v) is 2.04. The molecule has 0 atom stereocenters. The van der Waals surface area contributed by atoms with Crippen molar-refractivity contribution in [2.24, 2.45) is 0 Å². The van der Waals surface area contributed by atoms with E-state index in [2.05, 4.69) is 21.4 Å². The Morgan fingerprint density at radius 3 is 2.67 bits per heavy atom. The fraction of sp³-hybridized carbons (Fsp3) is 0.0588. The van der Waals surface area contributed by atoms with Crippen molar-refractivity contribution < 1.29 is 0 Å². The number of aryl methyl sites for hydroxylation is 1. The molecule has 2 N–H and O–H groups in total. The lowest BCUT2D eigenvalue weighted by atomic mass is 10.2. The second-order valence-electron chi connectivity index (χ2n) is 4.78. The number of nitrogens with zero attached hydrogens (tertiary/aromatic N) is 2. The zero-order valence-corrected chi connectivity index (χ0v) is 11.6. The molecule has 0 bridgehead atoms. The molecule has 3 rings (SSSR count). The Balaban J connectivity index is 1.89. The summed E-state index contributed by atoms with van der Waals surface area (Å²) in [7, 11) is 0. The molecule has 0 aliphatic heterocycles. The Bertz CT molecular complexity index is 802. The van der Waals surface area contributed by atoms with Gasteiger partial charge in [-0.3, -0.25) is 0 Å². The highest BCUT2D eigenvalue weighted by atomic mass is 14.9. The van der Waals surface area contributed by atoms with Crippen molar-refractivity contribution >= 4 is 22.3 Å². The Hall–Kier alpha value is -3.06. The van der Waals surface area contributed by atoms with Crippen LogP contribution in [0.15, 0.2) is 54.7 Å². The normalized spacial score (nSPS) is 11.3. The molecule has 0 fully saturated rings. The molecule has 4 nitrogen and oxygen atoms in total. The van der Waals surface area contributed by atoms with Gasteiger partial charge in [0.15, 0.2) is 5.82 Å². The largest absolute Gasteiger partial charge is 0.360 e. The average molecular weight is 274 g/mol. The van der Waals surface area contributed by atoms with Crippen LogP contribution < -0.4 is 5.32 Å². The first-order valence-electron chi connectivity index (χ1n) is 6.65. The van der Waals surface area contributed by atoms with Crippen LogP contribution >= 0.6 is 0 Å². The lowest BCUT2D eigenvalue weighted by molar-refractivity contribution is 1.27. The average Bonchev–Trinajstić information content (AvgIpc) is 2.93. The molecular formula is C17H14N4. The molecule has 0 saturated heterocycles. The van der Waals surface area contributed by atoms with Gasteiger partial charge in [0.25, 0.3) is 0 Å². The quantitative estimate of drug-likeness (QED) is 0.713. The second kappa shape index (κ2) is 5.51. The number of nitrogens with one attached hydrogen (secondary N) is 2. The molecule has 102 valence electrons. The molecule has 0 saturated carbocycles. The van der Waals surface area contributed by atoms with Crippen LogP contribution in [0.3, 0.4) is 0 Å². The summed E-state index contributed by atoms with van der Waals surface area (Å²) in [6.07, 6.45) is 1.67. The lowest BCUT2D eigenvalue weighted by Gasteiger charge is -2.01. The van der Waals surface area contributed by atoms with Crippen molar-refractivity contribution in [3.63, 3.8) is 0 Å². The first-order chi connectivity index (χ1) is 10.3. The SMILES string of the molecule is Cc1ccc(N/C=C(\C#N)c2nc3ccccc3[nH]2)cc1. The van der Waals surface area contributed by atoms with Crippen molar-refractivity contribution in [2.75, 3.05) is 5.32 Å². The minimum Gasteiger partial charge on any atom is -0.360 e. The molecule has 4 heteroatoms. The third-order valence-electron chi connectivity index (χ3n) is 3.20. The standard InChI is InChI=1S/C17H14N4/c1-12-6-8-14(9-7-12)19-11-13(10-18)17-20-15-4-2-3-5-16(15)21-17/h2-9,11,19H,1H3,(H,20,21)/b13-11+. The van der Waals surface area contributed by atoms with Crippen molar-refractivity contribution in [1.29, 1.82) is 5.26 Å². The monoisotopic (exact) mass is 274 g/mol. The third-order valence-corrected chi connectivity index (χ3v) is 3.20. The molecule has 0 amide bonds. The predicted molar refractivity (Wildman–Crippen MR) is 84.5 cm³/mol. The first kappa shape index (κ1) is 12.9. The zero-order valence-electron chi connectivity index (χ0n) is 11.6. The number of hydrogen-bond acceptors (Lipinski definition) is 3. The van der Waals surface area contributed by atoms with Crippen LogP contribution in [0.5, 0.6) is 0 Å². The number of benzene rings is 2. The van der Waals surface area contributed by atoms with E-state index >= 15 is 0 Å². The molecule has 3 aromatic rings. The van der Waals surface area contributed by atoms with E-state index in [0.29, 0.717) is 11.4 Å². The van der Waals surface area contributed by atoms with Gasteiger partial charge in [0.2, 0.25) is 0 Å². The number of H-pyrrole nitrogens is 1. The molecule has 2 aromatic carbocycles. The minimum absolute atomic E-state index is 0.465. The van der Waals surface area contributed by atoms with Crippen molar-refractivity contribution in [2.45, 2.75) is 6.92 Å². The van der Waals surface area contributed by atoms with Crippen molar-refractivity contribution in [3.05, 3.63) is 66.1 Å². The molecule has 0 radical (unpaired) electrons. The van der Waals surface area contributed by atoms with Crippen LogP contribution in [-0.4, -0.2) is 9.97 Å². The highest BCUT2D eigenvalue weighted by Gasteiger charge is 2.06. The van der Waals surface area contributed by atoms with E-state index in [1.54, 1.807) is 6.20 Å². The topological polar surface area (TPSA) is 64.5 Å². The number of aromatic amines is 1. The summed E-state index contributed by atoms with van der Waals surface area (Å²) >= 11 is 0. The van der Waals surface area contributed by atoms with Crippen LogP contribution in [0.1, 0.15) is 11.4 Å². The van der Waals surface area contributed by atoms with Crippen molar-refractivity contribution in [1.82, 2.24) is 9.97 Å². The number of hydrogen-bond donors (Lipinski definition) is 2. The smallest absolute Gasteiger partial charge is 0.150 e. The zero-order chi connectivity index (χ0) is 14.7. The number of imidazole rings is 1. The number of anilines is 1. The summed E-state index contributed by atoms with van der Waals surface area (Å²) in [5, 5.41) is 12.4. The maximum atomic E-state index is 9.31. The molecular weight excluding hydrogens is 260 g/mol. The Kier molecular flexibility index (Phi) is 3.40. The van der Waals surface area contributed by atoms with Gasteiger partial charge in [0.1, 0.15) is 11.6 Å². The maximum Gasteiger partial charge on any atom is 0.150 e. The van der Waals surface area contributed by atoms with Gasteiger partial charge < -0.3 is 10.3 Å². The van der Waals surface area contributed by atoms with Crippen LogP contribution in [0, 0.1) is 18.3 Å². The van der Waals surface area contributed by atoms with Gasteiger partial charge in [-0.2, -0.15) is 5.26 Å². The van der Waals surface area contributed by atoms with Gasteiger partial charge in [-0.25, -0.2) is 4.98 Å². The predicted octanol–water partition coefficient (Wildman–Crippen LogP) is 3.85. The van der Waals surface area contributed by atoms with E-state index in [4.69, 9.17) is 0 Å². The number of allylic oxidation sites excluding steroid dienone is 1. The lowest BCUT2D eigenvalue weighted by Crippen LogP contribution is -1.92. The van der Waals surface area contributed by atoms with Gasteiger partial charge in [-0.05, 0) is 31.2 Å². The van der Waals surface area contributed by atoms with Gasteiger partial charge >= 0.3 is 0 Å². The van der Waals surface area contributed by atoms with Crippen LogP contribution in [0.2, 0.25) is 0 Å². The summed E-state index contributed by atoms with van der Waals surface area (Å²) in [5.41, 5.74) is 4.37. The molecule has 21 heavy (non-hydrogen) atoms. The van der Waals surface area contributed by atoms with Crippen LogP contribution in [0.4, 0.5) is 5.69 Å². The molecule has 1 heterocycles. The van der Waals surface area contributed by atoms with Gasteiger partial charge in [-0.15, -0.1) is 0 Å². The second-order valence-corrected chi connectivity index (χ2v) is 4.78. The van der Waals surface area contributed by atoms with Crippen LogP contribution in [0.25, 0.3) is 16.6 Å². The summed E-state index contributed by atoms with van der Waals surface area (Å²) in [4.78, 5) is 7.57. The Morgan fingerprint density at radius 1 is 1.19 bits per heavy atom. The summed E-state index contributed by atoms with van der Waals surface area (Å²) in [5.74, 6) is 0.568. The summed E-state index contributed by atoms with van der Waals surface area (Å²) in [6.45, 7) is 2.04. The van der Waals surface area contributed by atoms with E-state index in [0.717, 1.165) is 16.7 Å². The summed E-state index contributed by atoms with van der Waals surface area (Å²) < 4.78 is 0. The van der Waals surface area contributed by atoms with E-state index in [9.17, 15) is 5.26 Å².